The highest BCUT2D eigenvalue weighted by molar-refractivity contribution is 9.10. The second kappa shape index (κ2) is 5.65. The summed E-state index contributed by atoms with van der Waals surface area (Å²) >= 11 is 3.40. The molecule has 1 heterocycles. The van der Waals surface area contributed by atoms with Crippen LogP contribution in [-0.4, -0.2) is 4.98 Å². The molecule has 90 valence electrons. The predicted molar refractivity (Wildman–Crippen MR) is 75.1 cm³/mol. The van der Waals surface area contributed by atoms with Crippen LogP contribution in [-0.2, 0) is 0 Å². The molecule has 3 nitrogen and oxygen atoms in total. The Morgan fingerprint density at radius 2 is 2.00 bits per heavy atom. The van der Waals surface area contributed by atoms with Gasteiger partial charge in [0.25, 0.3) is 0 Å². The van der Waals surface area contributed by atoms with Crippen molar-refractivity contribution in [1.29, 1.82) is 5.26 Å². The van der Waals surface area contributed by atoms with E-state index < -0.39 is 0 Å². The van der Waals surface area contributed by atoms with Gasteiger partial charge in [0.1, 0.15) is 4.60 Å². The molecule has 0 saturated heterocycles. The summed E-state index contributed by atoms with van der Waals surface area (Å²) in [7, 11) is 0. The van der Waals surface area contributed by atoms with Gasteiger partial charge in [-0.15, -0.1) is 0 Å². The molecule has 1 N–H and O–H groups in total. The molecule has 1 unspecified atom stereocenters. The van der Waals surface area contributed by atoms with Crippen LogP contribution in [0.15, 0.2) is 47.2 Å². The minimum Gasteiger partial charge on any atom is -0.376 e. The molecule has 0 fully saturated rings. The van der Waals surface area contributed by atoms with Crippen LogP contribution < -0.4 is 5.32 Å². The number of aromatic nitrogens is 1. The van der Waals surface area contributed by atoms with E-state index >= 15 is 0 Å². The molecular weight excluding hydrogens is 290 g/mol. The van der Waals surface area contributed by atoms with E-state index in [4.69, 9.17) is 5.26 Å². The van der Waals surface area contributed by atoms with Crippen molar-refractivity contribution in [2.24, 2.45) is 0 Å². The predicted octanol–water partition coefficient (Wildman–Crippen LogP) is 3.89. The summed E-state index contributed by atoms with van der Waals surface area (Å²) in [6.07, 6.45) is 1.74. The van der Waals surface area contributed by atoms with Crippen LogP contribution in [0, 0.1) is 11.3 Å². The number of hydrogen-bond acceptors (Lipinski definition) is 3. The van der Waals surface area contributed by atoms with E-state index in [2.05, 4.69) is 39.2 Å². The molecule has 0 bridgehead atoms. The number of pyridine rings is 1. The molecule has 0 aliphatic carbocycles. The smallest absolute Gasteiger partial charge is 0.129 e. The summed E-state index contributed by atoms with van der Waals surface area (Å²) in [5, 5.41) is 12.1. The molecule has 2 rings (SSSR count). The highest BCUT2D eigenvalue weighted by Crippen LogP contribution is 2.24. The maximum absolute atomic E-state index is 8.76. The SMILES string of the molecule is CC(Nc1cccnc1Br)c1ccc(C#N)cc1. The Bertz CT molecular complexity index is 572. The molecule has 4 heteroatoms. The van der Waals surface area contributed by atoms with Gasteiger partial charge in [-0.2, -0.15) is 5.26 Å². The Morgan fingerprint density at radius 3 is 2.61 bits per heavy atom. The molecule has 18 heavy (non-hydrogen) atoms. The lowest BCUT2D eigenvalue weighted by atomic mass is 10.1. The fraction of sp³-hybridized carbons (Fsp3) is 0.143. The topological polar surface area (TPSA) is 48.7 Å². The number of benzene rings is 1. The third-order valence-corrected chi connectivity index (χ3v) is 3.30. The number of nitrogens with one attached hydrogen (secondary N) is 1. The van der Waals surface area contributed by atoms with Gasteiger partial charge < -0.3 is 5.32 Å². The number of anilines is 1. The number of nitrogens with zero attached hydrogens (tertiary/aromatic N) is 2. The Morgan fingerprint density at radius 1 is 1.28 bits per heavy atom. The minimum absolute atomic E-state index is 0.151. The quantitative estimate of drug-likeness (QED) is 0.875. The number of nitriles is 1. The van der Waals surface area contributed by atoms with E-state index in [1.54, 1.807) is 6.20 Å². The lowest BCUT2D eigenvalue weighted by Crippen LogP contribution is -2.07. The van der Waals surface area contributed by atoms with Crippen molar-refractivity contribution < 1.29 is 0 Å². The van der Waals surface area contributed by atoms with Gasteiger partial charge in [-0.1, -0.05) is 12.1 Å². The first-order valence-electron chi connectivity index (χ1n) is 5.58. The Hall–Kier alpha value is -1.86. The highest BCUT2D eigenvalue weighted by atomic mass is 79.9. The van der Waals surface area contributed by atoms with Crippen molar-refractivity contribution in [3.8, 4) is 6.07 Å². The van der Waals surface area contributed by atoms with E-state index in [9.17, 15) is 0 Å². The van der Waals surface area contributed by atoms with Crippen LogP contribution >= 0.6 is 15.9 Å². The fourth-order valence-electron chi connectivity index (χ4n) is 1.66. The molecule has 1 aromatic carbocycles. The molecule has 0 aliphatic heterocycles. The van der Waals surface area contributed by atoms with E-state index in [0.29, 0.717) is 5.56 Å². The molecule has 0 aliphatic rings. The molecule has 1 aromatic heterocycles. The first-order valence-corrected chi connectivity index (χ1v) is 6.37. The largest absolute Gasteiger partial charge is 0.376 e. The lowest BCUT2D eigenvalue weighted by molar-refractivity contribution is 0.880. The van der Waals surface area contributed by atoms with Crippen molar-refractivity contribution in [1.82, 2.24) is 4.98 Å². The van der Waals surface area contributed by atoms with Gasteiger partial charge in [-0.25, -0.2) is 4.98 Å². The summed E-state index contributed by atoms with van der Waals surface area (Å²) in [6, 6.07) is 13.7. The zero-order valence-corrected chi connectivity index (χ0v) is 11.5. The van der Waals surface area contributed by atoms with Crippen molar-refractivity contribution in [3.63, 3.8) is 0 Å². The van der Waals surface area contributed by atoms with E-state index in [-0.39, 0.29) is 6.04 Å². The maximum Gasteiger partial charge on any atom is 0.129 e. The van der Waals surface area contributed by atoms with E-state index in [1.807, 2.05) is 36.4 Å². The van der Waals surface area contributed by atoms with Crippen LogP contribution in [0.4, 0.5) is 5.69 Å². The Kier molecular flexibility index (Phi) is 3.96. The van der Waals surface area contributed by atoms with Crippen molar-refractivity contribution in [2.75, 3.05) is 5.32 Å². The summed E-state index contributed by atoms with van der Waals surface area (Å²) in [5.41, 5.74) is 2.76. The number of rotatable bonds is 3. The van der Waals surface area contributed by atoms with Crippen LogP contribution in [0.25, 0.3) is 0 Å². The fourth-order valence-corrected chi connectivity index (χ4v) is 2.02. The van der Waals surface area contributed by atoms with E-state index in [1.165, 1.54) is 0 Å². The first kappa shape index (κ1) is 12.6. The van der Waals surface area contributed by atoms with Crippen molar-refractivity contribution >= 4 is 21.6 Å². The zero-order chi connectivity index (χ0) is 13.0. The summed E-state index contributed by atoms with van der Waals surface area (Å²) < 4.78 is 0.797. The van der Waals surface area contributed by atoms with Gasteiger partial charge in [0.15, 0.2) is 0 Å². The minimum atomic E-state index is 0.151. The van der Waals surface area contributed by atoms with Gasteiger partial charge in [-0.3, -0.25) is 0 Å². The normalized spacial score (nSPS) is 11.6. The third-order valence-electron chi connectivity index (χ3n) is 2.67. The number of hydrogen-bond donors (Lipinski definition) is 1. The van der Waals surface area contributed by atoms with Gasteiger partial charge in [0.2, 0.25) is 0 Å². The first-order chi connectivity index (χ1) is 8.70. The zero-order valence-electron chi connectivity index (χ0n) is 9.89. The second-order valence-corrected chi connectivity index (χ2v) is 4.69. The standard InChI is InChI=1S/C14H12BrN3/c1-10(12-6-4-11(9-16)5-7-12)18-13-3-2-8-17-14(13)15/h2-8,10,18H,1H3. The molecule has 0 amide bonds. The van der Waals surface area contributed by atoms with E-state index in [0.717, 1.165) is 15.9 Å². The number of halogens is 1. The second-order valence-electron chi connectivity index (χ2n) is 3.94. The van der Waals surface area contributed by atoms with Gasteiger partial charge in [0.05, 0.1) is 17.3 Å². The molecule has 0 radical (unpaired) electrons. The van der Waals surface area contributed by atoms with Crippen LogP contribution in [0.2, 0.25) is 0 Å². The van der Waals surface area contributed by atoms with Crippen LogP contribution in [0.5, 0.6) is 0 Å². The summed E-state index contributed by atoms with van der Waals surface area (Å²) in [5.74, 6) is 0. The summed E-state index contributed by atoms with van der Waals surface area (Å²) in [4.78, 5) is 4.16. The third kappa shape index (κ3) is 2.88. The average Bonchev–Trinajstić information content (AvgIpc) is 2.41. The maximum atomic E-state index is 8.76. The van der Waals surface area contributed by atoms with Crippen molar-refractivity contribution in [2.45, 2.75) is 13.0 Å². The van der Waals surface area contributed by atoms with Gasteiger partial charge in [-0.05, 0) is 52.7 Å². The van der Waals surface area contributed by atoms with Crippen LogP contribution in [0.3, 0.4) is 0 Å². The van der Waals surface area contributed by atoms with Gasteiger partial charge in [0, 0.05) is 12.2 Å². The molecule has 2 aromatic rings. The molecule has 0 saturated carbocycles. The molecule has 1 atom stereocenters. The lowest BCUT2D eigenvalue weighted by Gasteiger charge is -2.16. The van der Waals surface area contributed by atoms with Crippen LogP contribution in [0.1, 0.15) is 24.1 Å². The van der Waals surface area contributed by atoms with Crippen molar-refractivity contribution in [3.05, 3.63) is 58.3 Å². The molecule has 0 spiro atoms. The van der Waals surface area contributed by atoms with Gasteiger partial charge >= 0.3 is 0 Å². The Balaban J connectivity index is 2.15. The molecular formula is C14H12BrN3. The average molecular weight is 302 g/mol. The highest BCUT2D eigenvalue weighted by Gasteiger charge is 2.07. The summed E-state index contributed by atoms with van der Waals surface area (Å²) in [6.45, 7) is 2.07. The monoisotopic (exact) mass is 301 g/mol. The Labute approximate surface area is 115 Å².